The summed E-state index contributed by atoms with van der Waals surface area (Å²) in [5.74, 6) is -0.0151. The highest BCUT2D eigenvalue weighted by atomic mass is 19.1. The third-order valence-corrected chi connectivity index (χ3v) is 2.12. The molecule has 0 saturated heterocycles. The molecule has 2 rings (SSSR count). The maximum Gasteiger partial charge on any atom is 0.154 e. The molecule has 1 heterocycles. The van der Waals surface area contributed by atoms with Crippen LogP contribution in [-0.4, -0.2) is 27.9 Å². The number of fused-ring (bicyclic) bond motifs is 1. The summed E-state index contributed by atoms with van der Waals surface area (Å²) in [5, 5.41) is 8.59. The van der Waals surface area contributed by atoms with Gasteiger partial charge in [0.15, 0.2) is 5.82 Å². The largest absolute Gasteiger partial charge is 0.491 e. The van der Waals surface area contributed by atoms with E-state index in [0.29, 0.717) is 16.8 Å². The molecule has 15 heavy (non-hydrogen) atoms. The lowest BCUT2D eigenvalue weighted by molar-refractivity contribution is 0.201. The lowest BCUT2D eigenvalue weighted by Crippen LogP contribution is -2.02. The van der Waals surface area contributed by atoms with Crippen LogP contribution in [0, 0.1) is 5.82 Å². The molecular formula is C10H11FN2O2. The monoisotopic (exact) mass is 210 g/mol. The van der Waals surface area contributed by atoms with Crippen LogP contribution < -0.4 is 4.74 Å². The van der Waals surface area contributed by atoms with Crippen LogP contribution in [-0.2, 0) is 7.05 Å². The Bertz CT molecular complexity index is 481. The maximum absolute atomic E-state index is 13.5. The molecule has 0 aliphatic carbocycles. The van der Waals surface area contributed by atoms with E-state index >= 15 is 0 Å². The molecule has 0 atom stereocenters. The van der Waals surface area contributed by atoms with Crippen LogP contribution in [0.25, 0.3) is 11.0 Å². The van der Waals surface area contributed by atoms with Gasteiger partial charge in [-0.3, -0.25) is 0 Å². The molecule has 0 bridgehead atoms. The highest BCUT2D eigenvalue weighted by Crippen LogP contribution is 2.22. The average molecular weight is 210 g/mol. The second kappa shape index (κ2) is 3.86. The van der Waals surface area contributed by atoms with Gasteiger partial charge in [0.25, 0.3) is 0 Å². The highest BCUT2D eigenvalue weighted by Gasteiger charge is 2.08. The Morgan fingerprint density at radius 2 is 2.33 bits per heavy atom. The zero-order chi connectivity index (χ0) is 10.8. The second-order valence-corrected chi connectivity index (χ2v) is 3.20. The van der Waals surface area contributed by atoms with Crippen molar-refractivity contribution < 1.29 is 14.2 Å². The molecule has 1 N–H and O–H groups in total. The van der Waals surface area contributed by atoms with E-state index in [1.807, 2.05) is 0 Å². The van der Waals surface area contributed by atoms with Gasteiger partial charge in [-0.05, 0) is 0 Å². The number of halogens is 1. The number of aromatic nitrogens is 2. The van der Waals surface area contributed by atoms with Crippen LogP contribution in [0.3, 0.4) is 0 Å². The first-order valence-corrected chi connectivity index (χ1v) is 4.56. The number of hydrogen-bond acceptors (Lipinski definition) is 3. The van der Waals surface area contributed by atoms with Crippen molar-refractivity contribution >= 4 is 11.0 Å². The maximum atomic E-state index is 13.5. The number of rotatable bonds is 3. The van der Waals surface area contributed by atoms with E-state index in [-0.39, 0.29) is 13.2 Å². The molecule has 0 radical (unpaired) electrons. The van der Waals surface area contributed by atoms with Gasteiger partial charge in [0.2, 0.25) is 0 Å². The number of ether oxygens (including phenoxy) is 1. The molecule has 0 fully saturated rings. The Labute approximate surface area is 85.9 Å². The summed E-state index contributed by atoms with van der Waals surface area (Å²) in [7, 11) is 1.78. The fourth-order valence-electron chi connectivity index (χ4n) is 1.41. The molecule has 5 heteroatoms. The first-order chi connectivity index (χ1) is 7.22. The minimum absolute atomic E-state index is 0.0922. The van der Waals surface area contributed by atoms with Crippen molar-refractivity contribution in [3.8, 4) is 5.75 Å². The van der Waals surface area contributed by atoms with Gasteiger partial charge in [0.05, 0.1) is 18.5 Å². The normalized spacial score (nSPS) is 10.9. The number of aliphatic hydroxyl groups excluding tert-OH is 1. The summed E-state index contributed by atoms with van der Waals surface area (Å²) in [6.45, 7) is 0.0633. The van der Waals surface area contributed by atoms with Gasteiger partial charge in [-0.15, -0.1) is 0 Å². The van der Waals surface area contributed by atoms with Crippen LogP contribution in [0.2, 0.25) is 0 Å². The minimum Gasteiger partial charge on any atom is -0.491 e. The Morgan fingerprint density at radius 3 is 3.07 bits per heavy atom. The third-order valence-electron chi connectivity index (χ3n) is 2.12. The van der Waals surface area contributed by atoms with E-state index in [2.05, 4.69) is 4.98 Å². The van der Waals surface area contributed by atoms with Gasteiger partial charge < -0.3 is 14.4 Å². The molecule has 0 amide bonds. The van der Waals surface area contributed by atoms with Gasteiger partial charge in [-0.1, -0.05) is 0 Å². The van der Waals surface area contributed by atoms with E-state index < -0.39 is 5.82 Å². The minimum atomic E-state index is -0.416. The van der Waals surface area contributed by atoms with Crippen molar-refractivity contribution in [2.75, 3.05) is 13.2 Å². The molecule has 0 aliphatic heterocycles. The smallest absolute Gasteiger partial charge is 0.154 e. The number of nitrogens with zero attached hydrogens (tertiary/aromatic N) is 2. The van der Waals surface area contributed by atoms with E-state index in [0.717, 1.165) is 0 Å². The SMILES string of the molecule is Cn1cnc2c(F)cc(OCCO)cc21. The van der Waals surface area contributed by atoms with Gasteiger partial charge in [-0.25, -0.2) is 9.37 Å². The topological polar surface area (TPSA) is 47.3 Å². The van der Waals surface area contributed by atoms with Crippen LogP contribution in [0.15, 0.2) is 18.5 Å². The van der Waals surface area contributed by atoms with Gasteiger partial charge in [0, 0.05) is 19.2 Å². The van der Waals surface area contributed by atoms with Gasteiger partial charge in [-0.2, -0.15) is 0 Å². The standard InChI is InChI=1S/C10H11FN2O2/c1-13-6-12-10-8(11)4-7(5-9(10)13)15-3-2-14/h4-6,14H,2-3H2,1H3. The van der Waals surface area contributed by atoms with Crippen molar-refractivity contribution in [3.05, 3.63) is 24.3 Å². The van der Waals surface area contributed by atoms with Crippen molar-refractivity contribution in [1.82, 2.24) is 9.55 Å². The molecule has 80 valence electrons. The second-order valence-electron chi connectivity index (χ2n) is 3.20. The van der Waals surface area contributed by atoms with Crippen LogP contribution in [0.4, 0.5) is 4.39 Å². The Hall–Kier alpha value is -1.62. The summed E-state index contributed by atoms with van der Waals surface area (Å²) in [6, 6.07) is 2.96. The predicted octanol–water partition coefficient (Wildman–Crippen LogP) is 1.08. The molecule has 2 aromatic rings. The summed E-state index contributed by atoms with van der Waals surface area (Å²) >= 11 is 0. The van der Waals surface area contributed by atoms with E-state index in [1.54, 1.807) is 24.0 Å². The van der Waals surface area contributed by atoms with Crippen molar-refractivity contribution in [1.29, 1.82) is 0 Å². The fraction of sp³-hybridized carbons (Fsp3) is 0.300. The average Bonchev–Trinajstić information content (AvgIpc) is 2.58. The van der Waals surface area contributed by atoms with Crippen molar-refractivity contribution in [3.63, 3.8) is 0 Å². The first kappa shape index (κ1) is 9.92. The zero-order valence-electron chi connectivity index (χ0n) is 8.27. The van der Waals surface area contributed by atoms with Crippen molar-refractivity contribution in [2.24, 2.45) is 7.05 Å². The van der Waals surface area contributed by atoms with Crippen LogP contribution >= 0.6 is 0 Å². The molecular weight excluding hydrogens is 199 g/mol. The number of benzene rings is 1. The zero-order valence-corrected chi connectivity index (χ0v) is 8.27. The highest BCUT2D eigenvalue weighted by molar-refractivity contribution is 5.77. The quantitative estimate of drug-likeness (QED) is 0.824. The number of aryl methyl sites for hydroxylation is 1. The number of hydrogen-bond donors (Lipinski definition) is 1. The number of aliphatic hydroxyl groups is 1. The molecule has 0 saturated carbocycles. The Balaban J connectivity index is 2.45. The van der Waals surface area contributed by atoms with Crippen LogP contribution in [0.5, 0.6) is 5.75 Å². The summed E-state index contributed by atoms with van der Waals surface area (Å²) in [5.41, 5.74) is 0.997. The Kier molecular flexibility index (Phi) is 2.55. The molecule has 0 aliphatic rings. The number of imidazole rings is 1. The van der Waals surface area contributed by atoms with Gasteiger partial charge in [0.1, 0.15) is 17.9 Å². The lowest BCUT2D eigenvalue weighted by Gasteiger charge is -2.05. The van der Waals surface area contributed by atoms with E-state index in [1.165, 1.54) is 6.07 Å². The molecule has 0 spiro atoms. The molecule has 1 aromatic carbocycles. The predicted molar refractivity (Wildman–Crippen MR) is 53.3 cm³/mol. The first-order valence-electron chi connectivity index (χ1n) is 4.56. The van der Waals surface area contributed by atoms with E-state index in [4.69, 9.17) is 9.84 Å². The molecule has 4 nitrogen and oxygen atoms in total. The van der Waals surface area contributed by atoms with E-state index in [9.17, 15) is 4.39 Å². The van der Waals surface area contributed by atoms with Crippen LogP contribution in [0.1, 0.15) is 0 Å². The summed E-state index contributed by atoms with van der Waals surface area (Å²) < 4.78 is 20.3. The van der Waals surface area contributed by atoms with Crippen molar-refractivity contribution in [2.45, 2.75) is 0 Å². The Morgan fingerprint density at radius 1 is 1.53 bits per heavy atom. The summed E-state index contributed by atoms with van der Waals surface area (Å²) in [4.78, 5) is 3.92. The third kappa shape index (κ3) is 1.78. The molecule has 0 unspecified atom stereocenters. The summed E-state index contributed by atoms with van der Waals surface area (Å²) in [6.07, 6.45) is 1.55. The van der Waals surface area contributed by atoms with Gasteiger partial charge >= 0.3 is 0 Å². The lowest BCUT2D eigenvalue weighted by atomic mass is 10.3. The molecule has 1 aromatic heterocycles. The fourth-order valence-corrected chi connectivity index (χ4v) is 1.41.